The minimum absolute atomic E-state index is 0.0111. The van der Waals surface area contributed by atoms with E-state index in [4.69, 9.17) is 16.3 Å². The SMILES string of the molecule is CCOCC(=O)Nc1nc2ccc(Cl)nc2n1C1=CC=C1. The van der Waals surface area contributed by atoms with Gasteiger partial charge in [0.05, 0.1) is 5.70 Å². The van der Waals surface area contributed by atoms with Crippen molar-refractivity contribution in [2.45, 2.75) is 6.92 Å². The summed E-state index contributed by atoms with van der Waals surface area (Å²) < 4.78 is 6.84. The Morgan fingerprint density at radius 3 is 2.90 bits per heavy atom. The molecule has 0 unspecified atom stereocenters. The summed E-state index contributed by atoms with van der Waals surface area (Å²) in [7, 11) is 0. The van der Waals surface area contributed by atoms with Gasteiger partial charge in [-0.1, -0.05) is 17.7 Å². The van der Waals surface area contributed by atoms with Gasteiger partial charge in [-0.05, 0) is 31.2 Å². The van der Waals surface area contributed by atoms with E-state index in [0.717, 1.165) is 5.70 Å². The van der Waals surface area contributed by atoms with E-state index in [2.05, 4.69) is 15.3 Å². The monoisotopic (exact) mass is 304 g/mol. The number of hydrogen-bond acceptors (Lipinski definition) is 4. The highest BCUT2D eigenvalue weighted by atomic mass is 35.5. The average Bonchev–Trinajstić information content (AvgIpc) is 2.73. The zero-order chi connectivity index (χ0) is 14.8. The van der Waals surface area contributed by atoms with Crippen molar-refractivity contribution in [2.24, 2.45) is 0 Å². The van der Waals surface area contributed by atoms with E-state index in [0.29, 0.717) is 28.9 Å². The van der Waals surface area contributed by atoms with Crippen LogP contribution >= 0.6 is 11.6 Å². The van der Waals surface area contributed by atoms with E-state index in [1.54, 1.807) is 16.7 Å². The number of fused-ring (bicyclic) bond motifs is 1. The van der Waals surface area contributed by atoms with Crippen molar-refractivity contribution in [2.75, 3.05) is 18.5 Å². The summed E-state index contributed by atoms with van der Waals surface area (Å²) in [5.41, 5.74) is 2.15. The van der Waals surface area contributed by atoms with Gasteiger partial charge >= 0.3 is 0 Å². The highest BCUT2D eigenvalue weighted by Gasteiger charge is 2.18. The van der Waals surface area contributed by atoms with E-state index in [9.17, 15) is 4.79 Å². The number of nitrogens with zero attached hydrogens (tertiary/aromatic N) is 3. The summed E-state index contributed by atoms with van der Waals surface area (Å²) in [6.07, 6.45) is 5.71. The number of carbonyl (C=O) groups excluding carboxylic acids is 1. The number of hydrogen-bond donors (Lipinski definition) is 1. The summed E-state index contributed by atoms with van der Waals surface area (Å²) in [6.45, 7) is 2.30. The molecule has 0 spiro atoms. The van der Waals surface area contributed by atoms with Gasteiger partial charge in [-0.2, -0.15) is 0 Å². The van der Waals surface area contributed by atoms with Gasteiger partial charge < -0.3 is 4.74 Å². The number of allylic oxidation sites excluding steroid dienone is 4. The van der Waals surface area contributed by atoms with E-state index in [1.165, 1.54) is 0 Å². The first-order valence-electron chi connectivity index (χ1n) is 6.50. The Bertz CT molecular complexity index is 764. The molecule has 0 saturated heterocycles. The second kappa shape index (κ2) is 5.67. The number of aromatic nitrogens is 3. The van der Waals surface area contributed by atoms with Gasteiger partial charge in [0.2, 0.25) is 5.95 Å². The largest absolute Gasteiger partial charge is 0.372 e. The minimum atomic E-state index is -0.261. The lowest BCUT2D eigenvalue weighted by Crippen LogP contribution is -2.21. The summed E-state index contributed by atoms with van der Waals surface area (Å²) in [5, 5.41) is 3.11. The third-order valence-electron chi connectivity index (χ3n) is 2.95. The molecular formula is C14H13ClN4O2. The van der Waals surface area contributed by atoms with Crippen LogP contribution in [0.4, 0.5) is 5.95 Å². The standard InChI is InChI=1S/C14H13ClN4O2/c1-2-21-8-12(20)18-14-16-10-6-7-11(15)17-13(10)19(14)9-4-3-5-9/h3-7H,2,8H2,1H3,(H,16,18,20). The predicted octanol–water partition coefficient (Wildman–Crippen LogP) is 2.47. The van der Waals surface area contributed by atoms with E-state index >= 15 is 0 Å². The smallest absolute Gasteiger partial charge is 0.252 e. The first-order valence-corrected chi connectivity index (χ1v) is 6.88. The first kappa shape index (κ1) is 13.8. The second-order valence-electron chi connectivity index (χ2n) is 4.38. The molecule has 1 amide bonds. The fraction of sp³-hybridized carbons (Fsp3) is 0.214. The molecule has 1 aliphatic carbocycles. The minimum Gasteiger partial charge on any atom is -0.372 e. The Morgan fingerprint density at radius 2 is 2.24 bits per heavy atom. The normalized spacial score (nSPS) is 13.1. The van der Waals surface area contributed by atoms with Gasteiger partial charge in [-0.15, -0.1) is 0 Å². The number of anilines is 1. The highest BCUT2D eigenvalue weighted by molar-refractivity contribution is 6.29. The number of imidazole rings is 1. The molecule has 0 bridgehead atoms. The number of pyridine rings is 1. The Kier molecular flexibility index (Phi) is 3.72. The van der Waals surface area contributed by atoms with Gasteiger partial charge in [0.25, 0.3) is 5.91 Å². The van der Waals surface area contributed by atoms with Gasteiger partial charge in [-0.25, -0.2) is 9.97 Å². The molecule has 0 radical (unpaired) electrons. The van der Waals surface area contributed by atoms with Crippen molar-refractivity contribution in [3.05, 3.63) is 35.5 Å². The predicted molar refractivity (Wildman–Crippen MR) is 81.1 cm³/mol. The van der Waals surface area contributed by atoms with Crippen LogP contribution in [0.1, 0.15) is 6.92 Å². The maximum atomic E-state index is 11.8. The van der Waals surface area contributed by atoms with Crippen LogP contribution < -0.4 is 5.32 Å². The Hall–Kier alpha value is -2.18. The van der Waals surface area contributed by atoms with Crippen LogP contribution in [0.3, 0.4) is 0 Å². The van der Waals surface area contributed by atoms with Gasteiger partial charge in [-0.3, -0.25) is 14.7 Å². The number of carbonyl (C=O) groups is 1. The number of rotatable bonds is 5. The molecule has 6 nitrogen and oxygen atoms in total. The Balaban J connectivity index is 1.99. The molecular weight excluding hydrogens is 292 g/mol. The third-order valence-corrected chi connectivity index (χ3v) is 3.16. The molecule has 7 heteroatoms. The highest BCUT2D eigenvalue weighted by Crippen LogP contribution is 2.27. The fourth-order valence-electron chi connectivity index (χ4n) is 1.95. The van der Waals surface area contributed by atoms with Crippen molar-refractivity contribution in [1.29, 1.82) is 0 Å². The molecule has 2 aromatic heterocycles. The molecule has 0 aromatic carbocycles. The number of ether oxygens (including phenoxy) is 1. The molecule has 2 aromatic rings. The van der Waals surface area contributed by atoms with Crippen LogP contribution in [0.2, 0.25) is 5.15 Å². The number of amides is 1. The topological polar surface area (TPSA) is 69.0 Å². The van der Waals surface area contributed by atoms with Crippen molar-refractivity contribution >= 4 is 40.3 Å². The lowest BCUT2D eigenvalue weighted by molar-refractivity contribution is -0.120. The number of halogens is 1. The van der Waals surface area contributed by atoms with Gasteiger partial charge in [0, 0.05) is 6.61 Å². The van der Waals surface area contributed by atoms with Crippen molar-refractivity contribution in [1.82, 2.24) is 14.5 Å². The van der Waals surface area contributed by atoms with Crippen LogP contribution in [0.15, 0.2) is 30.4 Å². The summed E-state index contributed by atoms with van der Waals surface area (Å²) in [4.78, 5) is 20.5. The fourth-order valence-corrected chi connectivity index (χ4v) is 2.09. The number of nitrogens with one attached hydrogen (secondary N) is 1. The molecule has 0 fully saturated rings. The lowest BCUT2D eigenvalue weighted by Gasteiger charge is -2.13. The van der Waals surface area contributed by atoms with Crippen molar-refractivity contribution in [3.63, 3.8) is 0 Å². The maximum absolute atomic E-state index is 11.8. The van der Waals surface area contributed by atoms with Crippen LogP contribution in [0.25, 0.3) is 16.9 Å². The molecule has 3 rings (SSSR count). The molecule has 1 aliphatic rings. The third kappa shape index (κ3) is 2.68. The molecule has 21 heavy (non-hydrogen) atoms. The second-order valence-corrected chi connectivity index (χ2v) is 4.77. The molecule has 2 heterocycles. The zero-order valence-corrected chi connectivity index (χ0v) is 12.1. The van der Waals surface area contributed by atoms with E-state index in [1.807, 2.05) is 25.2 Å². The quantitative estimate of drug-likeness (QED) is 0.862. The molecule has 0 aliphatic heterocycles. The maximum Gasteiger partial charge on any atom is 0.252 e. The molecule has 108 valence electrons. The van der Waals surface area contributed by atoms with E-state index < -0.39 is 0 Å². The first-order chi connectivity index (χ1) is 10.2. The Labute approximate surface area is 126 Å². The summed E-state index contributed by atoms with van der Waals surface area (Å²) >= 11 is 5.94. The molecule has 0 atom stereocenters. The molecule has 1 N–H and O–H groups in total. The Morgan fingerprint density at radius 1 is 1.43 bits per heavy atom. The summed E-state index contributed by atoms with van der Waals surface area (Å²) in [5.74, 6) is 0.142. The molecule has 0 saturated carbocycles. The van der Waals surface area contributed by atoms with E-state index in [-0.39, 0.29) is 12.5 Å². The van der Waals surface area contributed by atoms with Gasteiger partial charge in [0.15, 0.2) is 5.65 Å². The van der Waals surface area contributed by atoms with Gasteiger partial charge in [0.1, 0.15) is 17.3 Å². The van der Waals surface area contributed by atoms with Crippen LogP contribution in [-0.2, 0) is 9.53 Å². The lowest BCUT2D eigenvalue weighted by atomic mass is 10.2. The van der Waals surface area contributed by atoms with Crippen LogP contribution in [0.5, 0.6) is 0 Å². The average molecular weight is 305 g/mol. The summed E-state index contributed by atoms with van der Waals surface area (Å²) in [6, 6.07) is 3.43. The van der Waals surface area contributed by atoms with Crippen LogP contribution in [-0.4, -0.2) is 33.7 Å². The zero-order valence-electron chi connectivity index (χ0n) is 11.3. The van der Waals surface area contributed by atoms with Crippen molar-refractivity contribution in [3.8, 4) is 0 Å². The van der Waals surface area contributed by atoms with Crippen molar-refractivity contribution < 1.29 is 9.53 Å². The van der Waals surface area contributed by atoms with Crippen LogP contribution in [0, 0.1) is 0 Å².